The Morgan fingerprint density at radius 1 is 1.91 bits per heavy atom. The first-order valence-electron chi connectivity index (χ1n) is 3.94. The highest BCUT2D eigenvalue weighted by Gasteiger charge is 2.50. The van der Waals surface area contributed by atoms with Gasteiger partial charge in [-0.3, -0.25) is 0 Å². The monoisotopic (exact) mass is 151 g/mol. The van der Waals surface area contributed by atoms with Crippen LogP contribution in [0.1, 0.15) is 25.0 Å². The Hall–Kier alpha value is -0.830. The molecule has 1 aromatic rings. The second-order valence-corrected chi connectivity index (χ2v) is 3.62. The summed E-state index contributed by atoms with van der Waals surface area (Å²) in [5.74, 6) is 0.620. The molecule has 1 aromatic heterocycles. The summed E-state index contributed by atoms with van der Waals surface area (Å²) < 4.78 is 0. The highest BCUT2D eigenvalue weighted by molar-refractivity contribution is 5.20. The Morgan fingerprint density at radius 3 is 3.18 bits per heavy atom. The zero-order valence-corrected chi connectivity index (χ0v) is 6.67. The maximum Gasteiger partial charge on any atom is 0.0921 e. The quantitative estimate of drug-likeness (QED) is 0.658. The number of nitrogens with one attached hydrogen (secondary N) is 1. The molecule has 0 radical (unpaired) electrons. The van der Waals surface area contributed by atoms with Crippen LogP contribution in [-0.4, -0.2) is 16.5 Å². The molecule has 0 bridgehead atoms. The van der Waals surface area contributed by atoms with E-state index in [2.05, 4.69) is 16.9 Å². The molecule has 1 fully saturated rings. The number of nitrogens with two attached hydrogens (primary N) is 1. The fourth-order valence-electron chi connectivity index (χ4n) is 1.58. The summed E-state index contributed by atoms with van der Waals surface area (Å²) in [6, 6.07) is 0. The molecule has 3 N–H and O–H groups in total. The van der Waals surface area contributed by atoms with Crippen molar-refractivity contribution in [3.8, 4) is 0 Å². The van der Waals surface area contributed by atoms with E-state index in [0.29, 0.717) is 11.3 Å². The van der Waals surface area contributed by atoms with E-state index in [-0.39, 0.29) is 0 Å². The fraction of sp³-hybridized carbons (Fsp3) is 0.625. The number of imidazole rings is 1. The third-order valence-corrected chi connectivity index (χ3v) is 2.71. The lowest BCUT2D eigenvalue weighted by Gasteiger charge is -2.04. The van der Waals surface area contributed by atoms with E-state index in [0.717, 1.165) is 6.54 Å². The third-order valence-electron chi connectivity index (χ3n) is 2.71. The predicted octanol–water partition coefficient (Wildman–Crippen LogP) is 0.862. The largest absolute Gasteiger partial charge is 0.348 e. The number of rotatable bonds is 2. The van der Waals surface area contributed by atoms with Crippen LogP contribution >= 0.6 is 0 Å². The normalized spacial score (nSPS) is 35.6. The number of aromatic amines is 1. The Kier molecular flexibility index (Phi) is 1.29. The van der Waals surface area contributed by atoms with Gasteiger partial charge in [0.15, 0.2) is 0 Å². The number of hydrogen-bond donors (Lipinski definition) is 2. The van der Waals surface area contributed by atoms with E-state index in [1.165, 1.54) is 12.1 Å². The molecule has 3 nitrogen and oxygen atoms in total. The summed E-state index contributed by atoms with van der Waals surface area (Å²) in [4.78, 5) is 7.11. The highest BCUT2D eigenvalue weighted by atomic mass is 14.9. The zero-order valence-electron chi connectivity index (χ0n) is 6.67. The van der Waals surface area contributed by atoms with E-state index >= 15 is 0 Å². The van der Waals surface area contributed by atoms with Crippen molar-refractivity contribution in [2.45, 2.75) is 19.3 Å². The van der Waals surface area contributed by atoms with Crippen LogP contribution in [0.2, 0.25) is 0 Å². The Morgan fingerprint density at radius 2 is 2.73 bits per heavy atom. The van der Waals surface area contributed by atoms with Gasteiger partial charge in [0, 0.05) is 17.8 Å². The molecule has 1 heterocycles. The fourth-order valence-corrected chi connectivity index (χ4v) is 1.58. The van der Waals surface area contributed by atoms with Crippen LogP contribution in [0, 0.1) is 5.41 Å². The third kappa shape index (κ3) is 0.959. The van der Waals surface area contributed by atoms with Crippen molar-refractivity contribution in [1.82, 2.24) is 9.97 Å². The van der Waals surface area contributed by atoms with Crippen LogP contribution in [-0.2, 0) is 0 Å². The molecule has 0 amide bonds. The molecule has 60 valence electrons. The molecule has 3 heteroatoms. The Bertz CT molecular complexity index is 242. The number of H-pyrrole nitrogens is 1. The first kappa shape index (κ1) is 6.85. The molecule has 0 spiro atoms. The van der Waals surface area contributed by atoms with E-state index in [9.17, 15) is 0 Å². The van der Waals surface area contributed by atoms with Crippen LogP contribution in [0.15, 0.2) is 12.5 Å². The van der Waals surface area contributed by atoms with Crippen molar-refractivity contribution in [3.63, 3.8) is 0 Å². The Labute approximate surface area is 66.0 Å². The molecule has 1 aliphatic carbocycles. The van der Waals surface area contributed by atoms with Crippen molar-refractivity contribution in [2.75, 3.05) is 6.54 Å². The maximum atomic E-state index is 5.63. The van der Waals surface area contributed by atoms with Crippen LogP contribution < -0.4 is 5.73 Å². The molecule has 2 unspecified atom stereocenters. The second-order valence-electron chi connectivity index (χ2n) is 3.62. The van der Waals surface area contributed by atoms with Gasteiger partial charge in [0.2, 0.25) is 0 Å². The van der Waals surface area contributed by atoms with Crippen molar-refractivity contribution in [2.24, 2.45) is 11.1 Å². The van der Waals surface area contributed by atoms with Gasteiger partial charge >= 0.3 is 0 Å². The highest BCUT2D eigenvalue weighted by Crippen LogP contribution is 2.57. The van der Waals surface area contributed by atoms with Gasteiger partial charge in [-0.2, -0.15) is 0 Å². The summed E-state index contributed by atoms with van der Waals surface area (Å²) in [7, 11) is 0. The standard InChI is InChI=1S/C8H13N3/c1-8(4-9)2-6(8)7-3-10-5-11-7/h3,5-6H,2,4,9H2,1H3,(H,10,11). The van der Waals surface area contributed by atoms with Gasteiger partial charge in [-0.05, 0) is 18.4 Å². The molecule has 1 aliphatic rings. The smallest absolute Gasteiger partial charge is 0.0921 e. The van der Waals surface area contributed by atoms with Gasteiger partial charge in [-0.15, -0.1) is 0 Å². The topological polar surface area (TPSA) is 54.7 Å². The lowest BCUT2D eigenvalue weighted by Crippen LogP contribution is -2.13. The first-order chi connectivity index (χ1) is 5.26. The average molecular weight is 151 g/mol. The summed E-state index contributed by atoms with van der Waals surface area (Å²) in [5.41, 5.74) is 7.20. The molecular weight excluding hydrogens is 138 g/mol. The molecule has 0 aromatic carbocycles. The number of aromatic nitrogens is 2. The summed E-state index contributed by atoms with van der Waals surface area (Å²) in [5, 5.41) is 0. The zero-order chi connectivity index (χ0) is 7.90. The lowest BCUT2D eigenvalue weighted by atomic mass is 10.1. The minimum absolute atomic E-state index is 0.340. The summed E-state index contributed by atoms with van der Waals surface area (Å²) in [6.07, 6.45) is 4.82. The van der Waals surface area contributed by atoms with Gasteiger partial charge in [0.1, 0.15) is 0 Å². The van der Waals surface area contributed by atoms with Gasteiger partial charge in [0.05, 0.1) is 6.33 Å². The van der Waals surface area contributed by atoms with Crippen molar-refractivity contribution in [1.29, 1.82) is 0 Å². The van der Waals surface area contributed by atoms with Crippen molar-refractivity contribution < 1.29 is 0 Å². The van der Waals surface area contributed by atoms with Gasteiger partial charge < -0.3 is 10.7 Å². The van der Waals surface area contributed by atoms with Crippen LogP contribution in [0.4, 0.5) is 0 Å². The Balaban J connectivity index is 2.13. The molecule has 2 atom stereocenters. The minimum atomic E-state index is 0.340. The molecule has 2 rings (SSSR count). The minimum Gasteiger partial charge on any atom is -0.348 e. The van der Waals surface area contributed by atoms with Crippen LogP contribution in [0.3, 0.4) is 0 Å². The second kappa shape index (κ2) is 2.08. The lowest BCUT2D eigenvalue weighted by molar-refractivity contribution is 0.560. The SMILES string of the molecule is CC1(CN)CC1c1cnc[nH]1. The molecule has 11 heavy (non-hydrogen) atoms. The first-order valence-corrected chi connectivity index (χ1v) is 3.94. The molecule has 0 aliphatic heterocycles. The van der Waals surface area contributed by atoms with Gasteiger partial charge in [-0.1, -0.05) is 6.92 Å². The molecule has 0 saturated heterocycles. The van der Waals surface area contributed by atoms with E-state index in [1.807, 2.05) is 6.20 Å². The summed E-state index contributed by atoms with van der Waals surface area (Å²) in [6.45, 7) is 3.00. The molecule has 1 saturated carbocycles. The number of hydrogen-bond acceptors (Lipinski definition) is 2. The van der Waals surface area contributed by atoms with Gasteiger partial charge in [0.25, 0.3) is 0 Å². The maximum absolute atomic E-state index is 5.63. The van der Waals surface area contributed by atoms with E-state index in [1.54, 1.807) is 6.33 Å². The average Bonchev–Trinajstić information content (AvgIpc) is 2.53. The van der Waals surface area contributed by atoms with Crippen LogP contribution in [0.25, 0.3) is 0 Å². The van der Waals surface area contributed by atoms with E-state index < -0.39 is 0 Å². The summed E-state index contributed by atoms with van der Waals surface area (Å²) >= 11 is 0. The van der Waals surface area contributed by atoms with E-state index in [4.69, 9.17) is 5.73 Å². The van der Waals surface area contributed by atoms with Crippen molar-refractivity contribution in [3.05, 3.63) is 18.2 Å². The predicted molar refractivity (Wildman–Crippen MR) is 43.1 cm³/mol. The van der Waals surface area contributed by atoms with Crippen molar-refractivity contribution >= 4 is 0 Å². The van der Waals surface area contributed by atoms with Gasteiger partial charge in [-0.25, -0.2) is 4.98 Å². The molecular formula is C8H13N3. The van der Waals surface area contributed by atoms with Crippen LogP contribution in [0.5, 0.6) is 0 Å². The number of nitrogens with zero attached hydrogens (tertiary/aromatic N) is 1.